The summed E-state index contributed by atoms with van der Waals surface area (Å²) in [5.41, 5.74) is 3.22. The molecule has 0 aromatic heterocycles. The van der Waals surface area contributed by atoms with Crippen molar-refractivity contribution in [2.45, 2.75) is 19.3 Å². The quantitative estimate of drug-likeness (QED) is 0.213. The molecular formula is C25H16. The van der Waals surface area contributed by atoms with E-state index in [-0.39, 0.29) is 0 Å². The minimum Gasteiger partial charge on any atom is -0.0610 e. The van der Waals surface area contributed by atoms with Gasteiger partial charge in [0.15, 0.2) is 0 Å². The number of fused-ring (bicyclic) bond motifs is 4. The Morgan fingerprint density at radius 2 is 0.960 bits per heavy atom. The average Bonchev–Trinajstić information content (AvgIpc) is 3.16. The molecule has 6 aromatic carbocycles. The van der Waals surface area contributed by atoms with Gasteiger partial charge in [-0.25, -0.2) is 0 Å². The minimum atomic E-state index is 1.23. The van der Waals surface area contributed by atoms with Crippen LogP contribution < -0.4 is 0 Å². The highest BCUT2D eigenvalue weighted by Crippen LogP contribution is 2.48. The van der Waals surface area contributed by atoms with Gasteiger partial charge >= 0.3 is 0 Å². The van der Waals surface area contributed by atoms with Gasteiger partial charge in [-0.3, -0.25) is 0 Å². The maximum Gasteiger partial charge on any atom is -0.00111 e. The predicted molar refractivity (Wildman–Crippen MR) is 108 cm³/mol. The van der Waals surface area contributed by atoms with Crippen molar-refractivity contribution in [1.29, 1.82) is 0 Å². The number of hydrogen-bond donors (Lipinski definition) is 0. The van der Waals surface area contributed by atoms with Crippen molar-refractivity contribution in [2.75, 3.05) is 0 Å². The lowest BCUT2D eigenvalue weighted by atomic mass is 9.83. The highest BCUT2D eigenvalue weighted by molar-refractivity contribution is 6.40. The van der Waals surface area contributed by atoms with Crippen LogP contribution in [0.1, 0.15) is 17.5 Å². The monoisotopic (exact) mass is 316 g/mol. The summed E-state index contributed by atoms with van der Waals surface area (Å²) in [6.07, 6.45) is 3.76. The fourth-order valence-corrected chi connectivity index (χ4v) is 5.57. The Balaban J connectivity index is 2.01. The van der Waals surface area contributed by atoms with Gasteiger partial charge in [0.25, 0.3) is 0 Å². The Hall–Kier alpha value is -2.86. The summed E-state index contributed by atoms with van der Waals surface area (Å²) in [5, 5.41) is 14.5. The summed E-state index contributed by atoms with van der Waals surface area (Å²) in [7, 11) is 0. The zero-order valence-electron chi connectivity index (χ0n) is 13.9. The van der Waals surface area contributed by atoms with Gasteiger partial charge in [0.1, 0.15) is 0 Å². The highest BCUT2D eigenvalue weighted by Gasteiger charge is 2.23. The van der Waals surface area contributed by atoms with Gasteiger partial charge < -0.3 is 0 Å². The Bertz CT molecular complexity index is 1340. The van der Waals surface area contributed by atoms with E-state index in [1.54, 1.807) is 11.1 Å². The molecule has 0 amide bonds. The zero-order chi connectivity index (χ0) is 16.1. The zero-order valence-corrected chi connectivity index (χ0v) is 13.9. The van der Waals surface area contributed by atoms with Gasteiger partial charge in [-0.2, -0.15) is 0 Å². The third kappa shape index (κ3) is 1.30. The number of hydrogen-bond acceptors (Lipinski definition) is 0. The molecule has 0 bridgehead atoms. The molecule has 0 N–H and O–H groups in total. The molecule has 0 saturated heterocycles. The number of benzene rings is 6. The fraction of sp³-hybridized carbons (Fsp3) is 0.120. The normalized spacial score (nSPS) is 14.7. The van der Waals surface area contributed by atoms with E-state index in [0.717, 1.165) is 0 Å². The Morgan fingerprint density at radius 1 is 0.440 bits per heavy atom. The Labute approximate surface area is 145 Å². The van der Waals surface area contributed by atoms with Gasteiger partial charge in [-0.15, -0.1) is 0 Å². The van der Waals surface area contributed by atoms with Crippen molar-refractivity contribution in [3.05, 3.63) is 71.8 Å². The third-order valence-electron chi connectivity index (χ3n) is 6.50. The van der Waals surface area contributed by atoms with Crippen LogP contribution >= 0.6 is 0 Å². The average molecular weight is 316 g/mol. The van der Waals surface area contributed by atoms with Crippen molar-refractivity contribution in [3.63, 3.8) is 0 Å². The summed E-state index contributed by atoms with van der Waals surface area (Å²) in [4.78, 5) is 0. The lowest BCUT2D eigenvalue weighted by Crippen LogP contribution is -1.95. The summed E-state index contributed by atoms with van der Waals surface area (Å²) < 4.78 is 0. The molecule has 116 valence electrons. The van der Waals surface area contributed by atoms with E-state index in [1.165, 1.54) is 73.1 Å². The second-order valence-corrected chi connectivity index (χ2v) is 7.59. The van der Waals surface area contributed by atoms with Gasteiger partial charge in [-0.05, 0) is 84.3 Å². The van der Waals surface area contributed by atoms with Crippen LogP contribution in [-0.4, -0.2) is 0 Å². The molecule has 0 aliphatic heterocycles. The first-order valence-corrected chi connectivity index (χ1v) is 9.27. The third-order valence-corrected chi connectivity index (χ3v) is 6.50. The van der Waals surface area contributed by atoms with Crippen LogP contribution in [0.15, 0.2) is 60.7 Å². The summed E-state index contributed by atoms with van der Waals surface area (Å²) >= 11 is 0. The molecule has 7 rings (SSSR count). The van der Waals surface area contributed by atoms with Crippen LogP contribution in [0.25, 0.3) is 53.9 Å². The van der Waals surface area contributed by atoms with Crippen molar-refractivity contribution in [2.24, 2.45) is 0 Å². The smallest absolute Gasteiger partial charge is 0.00111 e. The van der Waals surface area contributed by atoms with E-state index in [9.17, 15) is 0 Å². The maximum atomic E-state index is 2.39. The minimum absolute atomic E-state index is 1.23. The molecule has 0 atom stereocenters. The van der Waals surface area contributed by atoms with E-state index in [2.05, 4.69) is 60.7 Å². The van der Waals surface area contributed by atoms with Crippen LogP contribution in [0.3, 0.4) is 0 Å². The molecule has 6 aromatic rings. The van der Waals surface area contributed by atoms with Gasteiger partial charge in [-0.1, -0.05) is 60.7 Å². The van der Waals surface area contributed by atoms with Crippen LogP contribution in [0.4, 0.5) is 0 Å². The molecule has 0 heterocycles. The van der Waals surface area contributed by atoms with Crippen molar-refractivity contribution in [1.82, 2.24) is 0 Å². The number of rotatable bonds is 0. The molecule has 25 heavy (non-hydrogen) atoms. The second-order valence-electron chi connectivity index (χ2n) is 7.59. The van der Waals surface area contributed by atoms with Crippen LogP contribution in [-0.2, 0) is 12.8 Å². The molecule has 1 aliphatic carbocycles. The van der Waals surface area contributed by atoms with Gasteiger partial charge in [0, 0.05) is 0 Å². The molecule has 0 nitrogen and oxygen atoms in total. The predicted octanol–water partition coefficient (Wildman–Crippen LogP) is 6.82. The van der Waals surface area contributed by atoms with Crippen molar-refractivity contribution in [3.8, 4) is 0 Å². The van der Waals surface area contributed by atoms with E-state index in [4.69, 9.17) is 0 Å². The molecule has 0 fully saturated rings. The Morgan fingerprint density at radius 3 is 1.48 bits per heavy atom. The number of aryl methyl sites for hydroxylation is 2. The van der Waals surface area contributed by atoms with E-state index >= 15 is 0 Å². The van der Waals surface area contributed by atoms with Crippen molar-refractivity contribution >= 4 is 53.9 Å². The second kappa shape index (κ2) is 4.03. The van der Waals surface area contributed by atoms with Crippen LogP contribution in [0.2, 0.25) is 0 Å². The van der Waals surface area contributed by atoms with Crippen LogP contribution in [0, 0.1) is 0 Å². The van der Waals surface area contributed by atoms with Gasteiger partial charge in [0.05, 0.1) is 0 Å². The topological polar surface area (TPSA) is 0 Å². The Kier molecular flexibility index (Phi) is 2.01. The maximum absolute atomic E-state index is 2.39. The summed E-state index contributed by atoms with van der Waals surface area (Å²) in [6, 6.07) is 23.0. The molecule has 0 heteroatoms. The largest absolute Gasteiger partial charge is 0.0610 e. The molecule has 0 saturated carbocycles. The van der Waals surface area contributed by atoms with Crippen LogP contribution in [0.5, 0.6) is 0 Å². The lowest BCUT2D eigenvalue weighted by molar-refractivity contribution is 0.915. The molecule has 1 aliphatic rings. The SMILES string of the molecule is c1cc2ccc3c4c(c5ccc6cccc7c(c1)c2c3c5c67)CCC4. The van der Waals surface area contributed by atoms with E-state index in [1.807, 2.05) is 0 Å². The lowest BCUT2D eigenvalue weighted by Gasteiger charge is -2.20. The molecular weight excluding hydrogens is 300 g/mol. The molecule has 0 spiro atoms. The first-order chi connectivity index (χ1) is 12.4. The molecule has 0 unspecified atom stereocenters. The highest BCUT2D eigenvalue weighted by atomic mass is 14.3. The summed E-state index contributed by atoms with van der Waals surface area (Å²) in [5.74, 6) is 0. The van der Waals surface area contributed by atoms with E-state index < -0.39 is 0 Å². The first kappa shape index (κ1) is 12.5. The molecule has 0 radical (unpaired) electrons. The van der Waals surface area contributed by atoms with E-state index in [0.29, 0.717) is 0 Å². The fourth-order valence-electron chi connectivity index (χ4n) is 5.57. The van der Waals surface area contributed by atoms with Gasteiger partial charge in [0.2, 0.25) is 0 Å². The summed E-state index contributed by atoms with van der Waals surface area (Å²) in [6.45, 7) is 0. The van der Waals surface area contributed by atoms with Crippen molar-refractivity contribution < 1.29 is 0 Å². The first-order valence-electron chi connectivity index (χ1n) is 9.27. The standard InChI is InChI=1S/C25H16/c1-4-14-10-12-20-16-6-3-7-17(16)21-13-11-15-5-2-9-19-18(8-1)22(14)24(20)25(21)23(15)19/h1-2,4-5,8-13H,3,6-7H2.